The second-order valence-electron chi connectivity index (χ2n) is 8.85. The van der Waals surface area contributed by atoms with E-state index in [1.54, 1.807) is 13.0 Å². The monoisotopic (exact) mass is 595 g/mol. The third-order valence-corrected chi connectivity index (χ3v) is 8.36. The van der Waals surface area contributed by atoms with Gasteiger partial charge in [0, 0.05) is 13.6 Å². The zero-order valence-electron chi connectivity index (χ0n) is 21.9. The number of anilines is 1. The van der Waals surface area contributed by atoms with E-state index in [0.717, 1.165) is 17.7 Å². The quantitative estimate of drug-likeness (QED) is 0.332. The number of sulfonamides is 1. The molecule has 7 nitrogen and oxygen atoms in total. The van der Waals surface area contributed by atoms with Crippen molar-refractivity contribution in [3.8, 4) is 0 Å². The summed E-state index contributed by atoms with van der Waals surface area (Å²) in [4.78, 5) is 27.5. The molecule has 40 heavy (non-hydrogen) atoms. The SMILES string of the molecule is CC[C@H](C(=O)NC)N(CCc1ccccc1)C(=O)CN(c1cc(C(F)(F)F)ccc1Cl)S(=O)(=O)c1ccccc1. The van der Waals surface area contributed by atoms with E-state index in [2.05, 4.69) is 5.32 Å². The molecule has 0 aliphatic rings. The third kappa shape index (κ3) is 7.33. The van der Waals surface area contributed by atoms with Crippen LogP contribution < -0.4 is 9.62 Å². The molecule has 214 valence electrons. The fourth-order valence-corrected chi connectivity index (χ4v) is 5.89. The van der Waals surface area contributed by atoms with Gasteiger partial charge < -0.3 is 10.2 Å². The van der Waals surface area contributed by atoms with Crippen LogP contribution in [0.5, 0.6) is 0 Å². The van der Waals surface area contributed by atoms with Crippen LogP contribution in [0.2, 0.25) is 5.02 Å². The number of rotatable bonds is 11. The number of alkyl halides is 3. The molecule has 0 spiro atoms. The first-order valence-corrected chi connectivity index (χ1v) is 14.2. The van der Waals surface area contributed by atoms with Crippen molar-refractivity contribution < 1.29 is 31.2 Å². The highest BCUT2D eigenvalue weighted by atomic mass is 35.5. The molecule has 1 N–H and O–H groups in total. The minimum Gasteiger partial charge on any atom is -0.357 e. The molecular weight excluding hydrogens is 567 g/mol. The number of hydrogen-bond donors (Lipinski definition) is 1. The van der Waals surface area contributed by atoms with E-state index in [1.165, 1.54) is 36.2 Å². The highest BCUT2D eigenvalue weighted by Gasteiger charge is 2.36. The van der Waals surface area contributed by atoms with Gasteiger partial charge in [-0.1, -0.05) is 67.1 Å². The first kappa shape index (κ1) is 31.0. The Morgan fingerprint density at radius 3 is 2.12 bits per heavy atom. The van der Waals surface area contributed by atoms with Crippen molar-refractivity contribution in [1.82, 2.24) is 10.2 Å². The zero-order chi connectivity index (χ0) is 29.5. The van der Waals surface area contributed by atoms with Crippen LogP contribution in [-0.4, -0.2) is 51.3 Å². The number of amides is 2. The van der Waals surface area contributed by atoms with E-state index < -0.39 is 51.9 Å². The van der Waals surface area contributed by atoms with Gasteiger partial charge in [0.1, 0.15) is 12.6 Å². The Hall–Kier alpha value is -3.57. The lowest BCUT2D eigenvalue weighted by Crippen LogP contribution is -2.52. The molecule has 0 bridgehead atoms. The molecule has 1 atom stereocenters. The second kappa shape index (κ2) is 13.2. The van der Waals surface area contributed by atoms with E-state index in [9.17, 15) is 31.2 Å². The van der Waals surface area contributed by atoms with Gasteiger partial charge in [-0.3, -0.25) is 13.9 Å². The van der Waals surface area contributed by atoms with Crippen LogP contribution in [0.15, 0.2) is 83.8 Å². The number of nitrogens with one attached hydrogen (secondary N) is 1. The standard InChI is InChI=1S/C28H29ClF3N3O4S/c1-3-24(27(37)33-2)34(17-16-20-10-6-4-7-11-20)26(36)19-35(40(38,39)22-12-8-5-9-13-22)25-18-21(28(30,31)32)14-15-23(25)29/h4-15,18,24H,3,16-17,19H2,1-2H3,(H,33,37)/t24-/m1/s1. The molecule has 3 rings (SSSR count). The van der Waals surface area contributed by atoms with Gasteiger partial charge in [-0.25, -0.2) is 8.42 Å². The molecule has 0 saturated carbocycles. The normalized spacial score (nSPS) is 12.4. The van der Waals surface area contributed by atoms with Gasteiger partial charge >= 0.3 is 6.18 Å². The molecule has 0 aliphatic carbocycles. The number of likely N-dealkylation sites (N-methyl/N-ethyl adjacent to an activating group) is 1. The fraction of sp³-hybridized carbons (Fsp3) is 0.286. The number of carbonyl (C=O) groups excluding carboxylic acids is 2. The lowest BCUT2D eigenvalue weighted by Gasteiger charge is -2.33. The highest BCUT2D eigenvalue weighted by molar-refractivity contribution is 7.92. The van der Waals surface area contributed by atoms with Gasteiger partial charge in [-0.15, -0.1) is 0 Å². The largest absolute Gasteiger partial charge is 0.416 e. The van der Waals surface area contributed by atoms with Gasteiger partial charge in [0.25, 0.3) is 10.0 Å². The molecular formula is C28H29ClF3N3O4S. The summed E-state index contributed by atoms with van der Waals surface area (Å²) in [5.41, 5.74) is -0.767. The molecule has 0 heterocycles. The third-order valence-electron chi connectivity index (χ3n) is 6.27. The Bertz CT molecular complexity index is 1420. The van der Waals surface area contributed by atoms with Gasteiger partial charge in [0.15, 0.2) is 0 Å². The van der Waals surface area contributed by atoms with E-state index in [0.29, 0.717) is 16.8 Å². The van der Waals surface area contributed by atoms with Crippen LogP contribution in [-0.2, 0) is 32.2 Å². The predicted octanol–water partition coefficient (Wildman–Crippen LogP) is 5.15. The Morgan fingerprint density at radius 1 is 0.975 bits per heavy atom. The summed E-state index contributed by atoms with van der Waals surface area (Å²) in [6.45, 7) is 0.871. The lowest BCUT2D eigenvalue weighted by atomic mass is 10.1. The number of halogens is 4. The van der Waals surface area contributed by atoms with Gasteiger partial charge in [0.2, 0.25) is 11.8 Å². The van der Waals surface area contributed by atoms with E-state index in [4.69, 9.17) is 11.6 Å². The van der Waals surface area contributed by atoms with Crippen molar-refractivity contribution in [1.29, 1.82) is 0 Å². The molecule has 12 heteroatoms. The summed E-state index contributed by atoms with van der Waals surface area (Å²) in [6.07, 6.45) is -4.22. The first-order chi connectivity index (χ1) is 18.9. The predicted molar refractivity (Wildman–Crippen MR) is 147 cm³/mol. The molecule has 0 radical (unpaired) electrons. The second-order valence-corrected chi connectivity index (χ2v) is 11.1. The van der Waals surface area contributed by atoms with Crippen molar-refractivity contribution in [2.75, 3.05) is 24.4 Å². The molecule has 0 aromatic heterocycles. The van der Waals surface area contributed by atoms with Crippen molar-refractivity contribution in [2.45, 2.75) is 36.9 Å². The Labute approximate surface area is 236 Å². The van der Waals surface area contributed by atoms with Crippen LogP contribution >= 0.6 is 11.6 Å². The first-order valence-electron chi connectivity index (χ1n) is 12.4. The number of hydrogen-bond acceptors (Lipinski definition) is 4. The minimum absolute atomic E-state index is 0.0598. The van der Waals surface area contributed by atoms with Gasteiger partial charge in [0.05, 0.1) is 21.2 Å². The lowest BCUT2D eigenvalue weighted by molar-refractivity contribution is -0.139. The summed E-state index contributed by atoms with van der Waals surface area (Å²) in [5, 5.41) is 2.22. The average molecular weight is 596 g/mol. The van der Waals surface area contributed by atoms with Gasteiger partial charge in [-0.05, 0) is 48.7 Å². The summed E-state index contributed by atoms with van der Waals surface area (Å²) in [6, 6.07) is 17.5. The van der Waals surface area contributed by atoms with E-state index in [-0.39, 0.29) is 22.9 Å². The minimum atomic E-state index is -4.79. The Kier molecular flexibility index (Phi) is 10.2. The average Bonchev–Trinajstić information content (AvgIpc) is 2.94. The Morgan fingerprint density at radius 2 is 1.57 bits per heavy atom. The number of nitrogens with zero attached hydrogens (tertiary/aromatic N) is 2. The van der Waals surface area contributed by atoms with Crippen LogP contribution in [0.1, 0.15) is 24.5 Å². The Balaban J connectivity index is 2.10. The molecule has 0 saturated heterocycles. The van der Waals surface area contributed by atoms with Crippen molar-refractivity contribution in [3.05, 3.63) is 95.0 Å². The van der Waals surface area contributed by atoms with Crippen molar-refractivity contribution in [3.63, 3.8) is 0 Å². The molecule has 3 aromatic rings. The maximum Gasteiger partial charge on any atom is 0.416 e. The number of carbonyl (C=O) groups is 2. The maximum atomic E-state index is 13.8. The van der Waals surface area contributed by atoms with Crippen molar-refractivity contribution >= 4 is 39.1 Å². The van der Waals surface area contributed by atoms with Crippen LogP contribution in [0, 0.1) is 0 Å². The topological polar surface area (TPSA) is 86.8 Å². The summed E-state index contributed by atoms with van der Waals surface area (Å²) >= 11 is 6.24. The van der Waals surface area contributed by atoms with E-state index in [1.807, 2.05) is 30.3 Å². The molecule has 0 fully saturated rings. The molecule has 2 amide bonds. The summed E-state index contributed by atoms with van der Waals surface area (Å²) < 4.78 is 68.8. The molecule has 0 aliphatic heterocycles. The molecule has 0 unspecified atom stereocenters. The summed E-state index contributed by atoms with van der Waals surface area (Å²) in [5.74, 6) is -1.24. The van der Waals surface area contributed by atoms with Crippen molar-refractivity contribution in [2.24, 2.45) is 0 Å². The smallest absolute Gasteiger partial charge is 0.357 e. The zero-order valence-corrected chi connectivity index (χ0v) is 23.4. The van der Waals surface area contributed by atoms with Crippen LogP contribution in [0.25, 0.3) is 0 Å². The van der Waals surface area contributed by atoms with Gasteiger partial charge in [-0.2, -0.15) is 13.2 Å². The fourth-order valence-electron chi connectivity index (χ4n) is 4.18. The maximum absolute atomic E-state index is 13.8. The summed E-state index contributed by atoms with van der Waals surface area (Å²) in [7, 11) is -3.14. The van der Waals surface area contributed by atoms with E-state index >= 15 is 0 Å². The molecule has 3 aromatic carbocycles. The number of benzene rings is 3. The highest BCUT2D eigenvalue weighted by Crippen LogP contribution is 2.37. The van der Waals surface area contributed by atoms with Crippen LogP contribution in [0.3, 0.4) is 0 Å². The van der Waals surface area contributed by atoms with Crippen LogP contribution in [0.4, 0.5) is 18.9 Å².